The van der Waals surface area contributed by atoms with Crippen LogP contribution in [0.25, 0.3) is 0 Å². The van der Waals surface area contributed by atoms with Gasteiger partial charge in [-0.15, -0.1) is 10.2 Å². The first-order valence-electron chi connectivity index (χ1n) is 9.54. The predicted molar refractivity (Wildman–Crippen MR) is 105 cm³/mol. The Hall–Kier alpha value is -1.94. The summed E-state index contributed by atoms with van der Waals surface area (Å²) in [4.78, 5) is 26.6. The Morgan fingerprint density at radius 1 is 1.32 bits per heavy atom. The van der Waals surface area contributed by atoms with Gasteiger partial charge in [0.1, 0.15) is 16.3 Å². The number of anilines is 1. The second kappa shape index (κ2) is 7.47. The molecular weight excluding hydrogens is 382 g/mol. The van der Waals surface area contributed by atoms with Crippen LogP contribution in [0.3, 0.4) is 0 Å². The van der Waals surface area contributed by atoms with E-state index in [4.69, 9.17) is 9.47 Å². The van der Waals surface area contributed by atoms with Gasteiger partial charge < -0.3 is 14.8 Å². The van der Waals surface area contributed by atoms with Gasteiger partial charge in [-0.05, 0) is 54.4 Å². The Morgan fingerprint density at radius 2 is 2.00 bits per heavy atom. The Kier molecular flexibility index (Phi) is 5.55. The third-order valence-electron chi connectivity index (χ3n) is 4.58. The molecule has 1 aliphatic heterocycles. The number of carbonyl (C=O) groups excluding carboxylic acids is 2. The minimum Gasteiger partial charge on any atom is -0.444 e. The quantitative estimate of drug-likeness (QED) is 0.787. The fourth-order valence-electron chi connectivity index (χ4n) is 3.24. The molecule has 9 nitrogen and oxygen atoms in total. The molecule has 2 N–H and O–H groups in total. The van der Waals surface area contributed by atoms with E-state index in [2.05, 4.69) is 20.8 Å². The van der Waals surface area contributed by atoms with Gasteiger partial charge in [-0.1, -0.05) is 11.3 Å². The van der Waals surface area contributed by atoms with Crippen molar-refractivity contribution in [2.45, 2.75) is 83.8 Å². The van der Waals surface area contributed by atoms with Gasteiger partial charge in [0, 0.05) is 12.5 Å². The van der Waals surface area contributed by atoms with Crippen molar-refractivity contribution in [3.63, 3.8) is 0 Å². The highest BCUT2D eigenvalue weighted by Gasteiger charge is 2.49. The Balaban J connectivity index is 1.59. The second-order valence-corrected chi connectivity index (χ2v) is 9.75. The number of nitrogens with zero attached hydrogens (tertiary/aromatic N) is 3. The highest BCUT2D eigenvalue weighted by molar-refractivity contribution is 7.15. The van der Waals surface area contributed by atoms with Crippen molar-refractivity contribution in [1.82, 2.24) is 20.4 Å². The van der Waals surface area contributed by atoms with Crippen LogP contribution in [0.5, 0.6) is 0 Å². The number of rotatable bonds is 4. The van der Waals surface area contributed by atoms with Crippen LogP contribution in [-0.4, -0.2) is 57.2 Å². The lowest BCUT2D eigenvalue weighted by Crippen LogP contribution is -2.53. The van der Waals surface area contributed by atoms with E-state index in [1.165, 1.54) is 11.3 Å². The van der Waals surface area contributed by atoms with E-state index in [1.54, 1.807) is 4.90 Å². The van der Waals surface area contributed by atoms with Gasteiger partial charge in [0.05, 0.1) is 12.1 Å². The lowest BCUT2D eigenvalue weighted by atomic mass is 10.1. The predicted octanol–water partition coefficient (Wildman–Crippen LogP) is 3.30. The lowest BCUT2D eigenvalue weighted by Gasteiger charge is -2.35. The molecule has 1 saturated carbocycles. The topological polar surface area (TPSA) is 106 Å². The van der Waals surface area contributed by atoms with Crippen molar-refractivity contribution in [3.05, 3.63) is 5.01 Å². The standard InChI is InChI=1S/C18H29N5O4S/c1-10-12(23(18(5,6)26-10)16(25)27-17(2,3)4)9-19-14(24)20-15-22-21-13(28-15)11-7-8-11/h10-12H,7-9H2,1-6H3,(H2,19,20,22,24)/t10-,12-/m1/s1. The summed E-state index contributed by atoms with van der Waals surface area (Å²) in [6.07, 6.45) is 1.55. The van der Waals surface area contributed by atoms with Crippen LogP contribution in [-0.2, 0) is 9.47 Å². The van der Waals surface area contributed by atoms with Crippen molar-refractivity contribution in [3.8, 4) is 0 Å². The zero-order valence-electron chi connectivity index (χ0n) is 17.2. The molecule has 0 radical (unpaired) electrons. The van der Waals surface area contributed by atoms with E-state index in [1.807, 2.05) is 41.5 Å². The normalized spacial score (nSPS) is 24.1. The molecular formula is C18H29N5O4S. The molecule has 28 heavy (non-hydrogen) atoms. The van der Waals surface area contributed by atoms with Gasteiger partial charge in [-0.25, -0.2) is 9.59 Å². The number of urea groups is 1. The molecule has 156 valence electrons. The van der Waals surface area contributed by atoms with Crippen LogP contribution in [0.1, 0.15) is 65.3 Å². The SMILES string of the molecule is C[C@H]1OC(C)(C)N(C(=O)OC(C)(C)C)[C@@H]1CNC(=O)Nc1nnc(C2CC2)s1. The maximum atomic E-state index is 12.7. The molecule has 3 rings (SSSR count). The Labute approximate surface area is 169 Å². The zero-order chi connectivity index (χ0) is 20.7. The molecule has 2 atom stereocenters. The van der Waals surface area contributed by atoms with Crippen molar-refractivity contribution < 1.29 is 19.1 Å². The first-order valence-corrected chi connectivity index (χ1v) is 10.4. The largest absolute Gasteiger partial charge is 0.444 e. The summed E-state index contributed by atoms with van der Waals surface area (Å²) in [5.74, 6) is 0.497. The second-order valence-electron chi connectivity index (χ2n) is 8.74. The summed E-state index contributed by atoms with van der Waals surface area (Å²) in [6, 6.07) is -0.744. The van der Waals surface area contributed by atoms with Crippen LogP contribution in [0, 0.1) is 0 Å². The number of ether oxygens (including phenoxy) is 2. The first-order chi connectivity index (χ1) is 13.0. The van der Waals surface area contributed by atoms with E-state index in [0.717, 1.165) is 17.8 Å². The third-order valence-corrected chi connectivity index (χ3v) is 5.58. The molecule has 0 bridgehead atoms. The van der Waals surface area contributed by atoms with E-state index >= 15 is 0 Å². The van der Waals surface area contributed by atoms with E-state index < -0.39 is 17.4 Å². The maximum absolute atomic E-state index is 12.7. The van der Waals surface area contributed by atoms with Crippen molar-refractivity contribution in [1.29, 1.82) is 0 Å². The van der Waals surface area contributed by atoms with E-state index in [0.29, 0.717) is 11.0 Å². The fourth-order valence-corrected chi connectivity index (χ4v) is 4.15. The Bertz CT molecular complexity index is 741. The van der Waals surface area contributed by atoms with Crippen LogP contribution in [0.4, 0.5) is 14.7 Å². The minimum atomic E-state index is -0.830. The molecule has 0 spiro atoms. The average molecular weight is 412 g/mol. The van der Waals surface area contributed by atoms with E-state index in [-0.39, 0.29) is 24.7 Å². The molecule has 1 aromatic rings. The summed E-state index contributed by atoms with van der Waals surface area (Å²) in [5.41, 5.74) is -1.45. The average Bonchev–Trinajstić information content (AvgIpc) is 3.23. The molecule has 1 aliphatic carbocycles. The molecule has 10 heteroatoms. The van der Waals surface area contributed by atoms with Gasteiger partial charge in [0.25, 0.3) is 0 Å². The molecule has 1 aromatic heterocycles. The van der Waals surface area contributed by atoms with Crippen molar-refractivity contribution in [2.75, 3.05) is 11.9 Å². The fraction of sp³-hybridized carbons (Fsp3) is 0.778. The monoisotopic (exact) mass is 411 g/mol. The molecule has 1 saturated heterocycles. The smallest absolute Gasteiger partial charge is 0.412 e. The van der Waals surface area contributed by atoms with Crippen molar-refractivity contribution in [2.24, 2.45) is 0 Å². The molecule has 0 unspecified atom stereocenters. The summed E-state index contributed by atoms with van der Waals surface area (Å²) < 4.78 is 11.5. The van der Waals surface area contributed by atoms with E-state index in [9.17, 15) is 9.59 Å². The number of amides is 3. The van der Waals surface area contributed by atoms with Gasteiger partial charge in [0.2, 0.25) is 5.13 Å². The molecule has 3 amide bonds. The first kappa shape index (κ1) is 20.8. The zero-order valence-corrected chi connectivity index (χ0v) is 18.1. The third kappa shape index (κ3) is 4.91. The summed E-state index contributed by atoms with van der Waals surface area (Å²) in [5, 5.41) is 15.1. The number of hydrogen-bond acceptors (Lipinski definition) is 7. The number of nitrogens with one attached hydrogen (secondary N) is 2. The van der Waals surface area contributed by atoms with Crippen LogP contribution >= 0.6 is 11.3 Å². The van der Waals surface area contributed by atoms with Gasteiger partial charge in [-0.2, -0.15) is 0 Å². The number of hydrogen-bond donors (Lipinski definition) is 2. The van der Waals surface area contributed by atoms with Crippen LogP contribution in [0.2, 0.25) is 0 Å². The Morgan fingerprint density at radius 3 is 2.61 bits per heavy atom. The number of aromatic nitrogens is 2. The van der Waals surface area contributed by atoms with Gasteiger partial charge in [-0.3, -0.25) is 10.2 Å². The maximum Gasteiger partial charge on any atom is 0.412 e. The summed E-state index contributed by atoms with van der Waals surface area (Å²) in [6.45, 7) is 11.2. The summed E-state index contributed by atoms with van der Waals surface area (Å²) in [7, 11) is 0. The highest BCUT2D eigenvalue weighted by Crippen LogP contribution is 2.42. The highest BCUT2D eigenvalue weighted by atomic mass is 32.1. The molecule has 0 aromatic carbocycles. The molecule has 2 heterocycles. The van der Waals surface area contributed by atoms with Crippen molar-refractivity contribution >= 4 is 28.6 Å². The number of carbonyl (C=O) groups is 2. The molecule has 2 aliphatic rings. The summed E-state index contributed by atoms with van der Waals surface area (Å²) >= 11 is 1.40. The minimum absolute atomic E-state index is 0.226. The van der Waals surface area contributed by atoms with Crippen LogP contribution < -0.4 is 10.6 Å². The lowest BCUT2D eigenvalue weighted by molar-refractivity contribution is -0.0756. The molecule has 2 fully saturated rings. The van der Waals surface area contributed by atoms with Gasteiger partial charge in [0.15, 0.2) is 0 Å². The van der Waals surface area contributed by atoms with Gasteiger partial charge >= 0.3 is 12.1 Å². The van der Waals surface area contributed by atoms with Crippen LogP contribution in [0.15, 0.2) is 0 Å².